The summed E-state index contributed by atoms with van der Waals surface area (Å²) >= 11 is 0. The molecule has 1 aromatic rings. The lowest BCUT2D eigenvalue weighted by Gasteiger charge is -2.38. The minimum Gasteiger partial charge on any atom is -0.379 e. The van der Waals surface area contributed by atoms with Crippen LogP contribution in [0.15, 0.2) is 24.3 Å². The predicted molar refractivity (Wildman–Crippen MR) is 93.6 cm³/mol. The standard InChI is InChI=1S/C18H29N3O2/c1-13(21-9-10-23-12-14(21)2)11-19-15(3)17-5-7-18(8-6-17)20-16(4)22/h5-8,13-15,19H,9-12H2,1-4H3,(H,20,22)/t13-,14+,15-/m0/s1. The maximum absolute atomic E-state index is 11.0. The lowest BCUT2D eigenvalue weighted by atomic mass is 10.1. The van der Waals surface area contributed by atoms with Crippen molar-refractivity contribution in [2.24, 2.45) is 0 Å². The Labute approximate surface area is 139 Å². The van der Waals surface area contributed by atoms with Gasteiger partial charge in [0, 0.05) is 43.8 Å². The van der Waals surface area contributed by atoms with Crippen molar-refractivity contribution in [2.45, 2.75) is 45.8 Å². The fourth-order valence-corrected chi connectivity index (χ4v) is 3.04. The number of anilines is 1. The van der Waals surface area contributed by atoms with Crippen LogP contribution in [0.4, 0.5) is 5.69 Å². The first-order chi connectivity index (χ1) is 11.0. The molecule has 0 saturated carbocycles. The second-order valence-electron chi connectivity index (χ2n) is 6.44. The number of carbonyl (C=O) groups excluding carboxylic acids is 1. The van der Waals surface area contributed by atoms with Gasteiger partial charge in [-0.1, -0.05) is 12.1 Å². The molecule has 0 unspecified atom stereocenters. The van der Waals surface area contributed by atoms with Gasteiger partial charge in [-0.15, -0.1) is 0 Å². The van der Waals surface area contributed by atoms with E-state index in [0.29, 0.717) is 12.1 Å². The Bertz CT molecular complexity index is 503. The van der Waals surface area contributed by atoms with Gasteiger partial charge >= 0.3 is 0 Å². The largest absolute Gasteiger partial charge is 0.379 e. The molecule has 2 N–H and O–H groups in total. The lowest BCUT2D eigenvalue weighted by molar-refractivity contribution is -0.114. The van der Waals surface area contributed by atoms with Crippen molar-refractivity contribution in [1.29, 1.82) is 0 Å². The van der Waals surface area contributed by atoms with Crippen molar-refractivity contribution in [3.8, 4) is 0 Å². The SMILES string of the molecule is CC(=O)Nc1ccc([C@H](C)NC[C@H](C)N2CCOC[C@H]2C)cc1. The van der Waals surface area contributed by atoms with Crippen molar-refractivity contribution in [3.05, 3.63) is 29.8 Å². The van der Waals surface area contributed by atoms with Crippen LogP contribution in [0.2, 0.25) is 0 Å². The van der Waals surface area contributed by atoms with Crippen LogP contribution < -0.4 is 10.6 Å². The highest BCUT2D eigenvalue weighted by molar-refractivity contribution is 5.88. The number of hydrogen-bond acceptors (Lipinski definition) is 4. The molecule has 0 aromatic heterocycles. The number of nitrogens with one attached hydrogen (secondary N) is 2. The van der Waals surface area contributed by atoms with E-state index in [4.69, 9.17) is 4.74 Å². The van der Waals surface area contributed by atoms with E-state index in [2.05, 4.69) is 48.4 Å². The summed E-state index contributed by atoms with van der Waals surface area (Å²) in [5.41, 5.74) is 2.06. The molecular weight excluding hydrogens is 290 g/mol. The Hall–Kier alpha value is -1.43. The molecule has 1 aliphatic rings. The molecule has 0 spiro atoms. The highest BCUT2D eigenvalue weighted by Gasteiger charge is 2.23. The molecular formula is C18H29N3O2. The third-order valence-corrected chi connectivity index (χ3v) is 4.44. The minimum absolute atomic E-state index is 0.0441. The van der Waals surface area contributed by atoms with Gasteiger partial charge in [0.15, 0.2) is 0 Å². The number of nitrogens with zero attached hydrogens (tertiary/aromatic N) is 1. The smallest absolute Gasteiger partial charge is 0.221 e. The highest BCUT2D eigenvalue weighted by atomic mass is 16.5. The van der Waals surface area contributed by atoms with Crippen molar-refractivity contribution >= 4 is 11.6 Å². The number of benzene rings is 1. The van der Waals surface area contributed by atoms with E-state index in [-0.39, 0.29) is 11.9 Å². The molecule has 1 saturated heterocycles. The Morgan fingerprint density at radius 3 is 2.65 bits per heavy atom. The van der Waals surface area contributed by atoms with Crippen LogP contribution in [0.3, 0.4) is 0 Å². The van der Waals surface area contributed by atoms with Crippen molar-refractivity contribution in [3.63, 3.8) is 0 Å². The molecule has 0 radical (unpaired) electrons. The lowest BCUT2D eigenvalue weighted by Crippen LogP contribution is -2.51. The second-order valence-corrected chi connectivity index (χ2v) is 6.44. The molecule has 23 heavy (non-hydrogen) atoms. The van der Waals surface area contributed by atoms with E-state index in [1.54, 1.807) is 0 Å². The molecule has 2 rings (SSSR count). The summed E-state index contributed by atoms with van der Waals surface area (Å²) in [5.74, 6) is -0.0441. The zero-order valence-electron chi connectivity index (χ0n) is 14.6. The first kappa shape index (κ1) is 17.9. The highest BCUT2D eigenvalue weighted by Crippen LogP contribution is 2.17. The zero-order chi connectivity index (χ0) is 16.8. The van der Waals surface area contributed by atoms with Crippen LogP contribution in [-0.2, 0) is 9.53 Å². The normalized spacial score (nSPS) is 21.7. The van der Waals surface area contributed by atoms with Crippen molar-refractivity contribution in [2.75, 3.05) is 31.6 Å². The molecule has 1 fully saturated rings. The van der Waals surface area contributed by atoms with Gasteiger partial charge in [-0.2, -0.15) is 0 Å². The molecule has 0 bridgehead atoms. The van der Waals surface area contributed by atoms with E-state index in [9.17, 15) is 4.79 Å². The molecule has 1 aliphatic heterocycles. The monoisotopic (exact) mass is 319 g/mol. The van der Waals surface area contributed by atoms with Crippen LogP contribution in [0.1, 0.15) is 39.3 Å². The summed E-state index contributed by atoms with van der Waals surface area (Å²) in [4.78, 5) is 13.6. The van der Waals surface area contributed by atoms with Crippen LogP contribution in [0, 0.1) is 0 Å². The first-order valence-corrected chi connectivity index (χ1v) is 8.41. The molecule has 128 valence electrons. The summed E-state index contributed by atoms with van der Waals surface area (Å²) in [6.45, 7) is 11.8. The van der Waals surface area contributed by atoms with Crippen LogP contribution in [-0.4, -0.2) is 49.2 Å². The summed E-state index contributed by atoms with van der Waals surface area (Å²) in [5, 5.41) is 6.40. The van der Waals surface area contributed by atoms with E-state index < -0.39 is 0 Å². The van der Waals surface area contributed by atoms with Crippen molar-refractivity contribution < 1.29 is 9.53 Å². The van der Waals surface area contributed by atoms with E-state index in [0.717, 1.165) is 32.0 Å². The number of carbonyl (C=O) groups is 1. The number of hydrogen-bond donors (Lipinski definition) is 2. The van der Waals surface area contributed by atoms with E-state index in [1.165, 1.54) is 12.5 Å². The van der Waals surface area contributed by atoms with Gasteiger partial charge < -0.3 is 15.4 Å². The van der Waals surface area contributed by atoms with Gasteiger partial charge in [0.25, 0.3) is 0 Å². The Morgan fingerprint density at radius 2 is 2.04 bits per heavy atom. The Morgan fingerprint density at radius 1 is 1.35 bits per heavy atom. The molecule has 5 nitrogen and oxygen atoms in total. The second kappa shape index (κ2) is 8.43. The quantitative estimate of drug-likeness (QED) is 0.845. The maximum Gasteiger partial charge on any atom is 0.221 e. The van der Waals surface area contributed by atoms with Gasteiger partial charge in [0.1, 0.15) is 0 Å². The molecule has 3 atom stereocenters. The Balaban J connectivity index is 1.83. The number of rotatable bonds is 6. The topological polar surface area (TPSA) is 53.6 Å². The maximum atomic E-state index is 11.0. The summed E-state index contributed by atoms with van der Waals surface area (Å²) < 4.78 is 5.50. The van der Waals surface area contributed by atoms with Crippen LogP contribution in [0.5, 0.6) is 0 Å². The third kappa shape index (κ3) is 5.30. The van der Waals surface area contributed by atoms with Gasteiger partial charge in [0.05, 0.1) is 13.2 Å². The first-order valence-electron chi connectivity index (χ1n) is 8.41. The molecule has 0 aliphatic carbocycles. The predicted octanol–water partition coefficient (Wildman–Crippen LogP) is 2.40. The van der Waals surface area contributed by atoms with Gasteiger partial charge in [-0.05, 0) is 38.5 Å². The average Bonchev–Trinajstić information content (AvgIpc) is 2.53. The molecule has 1 aromatic carbocycles. The minimum atomic E-state index is -0.0441. The summed E-state index contributed by atoms with van der Waals surface area (Å²) in [6, 6.07) is 9.25. The van der Waals surface area contributed by atoms with Crippen LogP contribution in [0.25, 0.3) is 0 Å². The van der Waals surface area contributed by atoms with Gasteiger partial charge in [-0.3, -0.25) is 9.69 Å². The van der Waals surface area contributed by atoms with Crippen molar-refractivity contribution in [1.82, 2.24) is 10.2 Å². The van der Waals surface area contributed by atoms with E-state index >= 15 is 0 Å². The number of ether oxygens (including phenoxy) is 1. The Kier molecular flexibility index (Phi) is 6.57. The molecule has 1 amide bonds. The zero-order valence-corrected chi connectivity index (χ0v) is 14.6. The molecule has 1 heterocycles. The number of morpholine rings is 1. The van der Waals surface area contributed by atoms with Crippen LogP contribution >= 0.6 is 0 Å². The van der Waals surface area contributed by atoms with Gasteiger partial charge in [0.2, 0.25) is 5.91 Å². The van der Waals surface area contributed by atoms with Gasteiger partial charge in [-0.25, -0.2) is 0 Å². The fraction of sp³-hybridized carbons (Fsp3) is 0.611. The fourth-order valence-electron chi connectivity index (χ4n) is 3.04. The summed E-state index contributed by atoms with van der Waals surface area (Å²) in [7, 11) is 0. The average molecular weight is 319 g/mol. The van der Waals surface area contributed by atoms with E-state index in [1.807, 2.05) is 12.1 Å². The third-order valence-electron chi connectivity index (χ3n) is 4.44. The summed E-state index contributed by atoms with van der Waals surface area (Å²) in [6.07, 6.45) is 0. The number of amides is 1. The molecule has 5 heteroatoms.